The van der Waals surface area contributed by atoms with E-state index < -0.39 is 17.9 Å². The quantitative estimate of drug-likeness (QED) is 0.678. The third-order valence-electron chi connectivity index (χ3n) is 3.38. The van der Waals surface area contributed by atoms with Crippen molar-refractivity contribution in [3.8, 4) is 0 Å². The fourth-order valence-corrected chi connectivity index (χ4v) is 2.19. The van der Waals surface area contributed by atoms with Crippen LogP contribution in [0.15, 0.2) is 0 Å². The highest BCUT2D eigenvalue weighted by Gasteiger charge is 2.36. The van der Waals surface area contributed by atoms with Gasteiger partial charge in [0.2, 0.25) is 11.8 Å². The van der Waals surface area contributed by atoms with Crippen molar-refractivity contribution in [2.75, 3.05) is 20.3 Å². The minimum Gasteiger partial charge on any atom is -0.480 e. The summed E-state index contributed by atoms with van der Waals surface area (Å²) in [5, 5.41) is 11.5. The summed E-state index contributed by atoms with van der Waals surface area (Å²) in [7, 11) is 1.47. The Morgan fingerprint density at radius 3 is 2.60 bits per heavy atom. The lowest BCUT2D eigenvalue weighted by atomic mass is 10.1. The number of ether oxygens (including phenoxy) is 1. The van der Waals surface area contributed by atoms with Crippen LogP contribution in [0.1, 0.15) is 26.7 Å². The van der Waals surface area contributed by atoms with Crippen LogP contribution in [0.3, 0.4) is 0 Å². The Hall–Kier alpha value is -1.63. The first kappa shape index (κ1) is 16.4. The third kappa shape index (κ3) is 4.19. The third-order valence-corrected chi connectivity index (χ3v) is 3.38. The van der Waals surface area contributed by atoms with Crippen molar-refractivity contribution in [2.24, 2.45) is 5.92 Å². The molecule has 114 valence electrons. The molecule has 1 aliphatic rings. The Morgan fingerprint density at radius 1 is 1.50 bits per heavy atom. The lowest BCUT2D eigenvalue weighted by molar-refractivity contribution is -0.142. The van der Waals surface area contributed by atoms with E-state index in [1.807, 2.05) is 13.8 Å². The maximum Gasteiger partial charge on any atom is 0.326 e. The number of nitrogens with one attached hydrogen (secondary N) is 1. The number of aliphatic carboxylic acids is 1. The number of carboxylic acid groups (broad SMARTS) is 1. The monoisotopic (exact) mass is 286 g/mol. The summed E-state index contributed by atoms with van der Waals surface area (Å²) < 4.78 is 4.82. The summed E-state index contributed by atoms with van der Waals surface area (Å²) in [5.41, 5.74) is 0. The normalized spacial score (nSPS) is 20.3. The summed E-state index contributed by atoms with van der Waals surface area (Å²) in [6.07, 6.45) is 0.340. The zero-order chi connectivity index (χ0) is 15.3. The molecule has 0 aromatic heterocycles. The molecular formula is C13H22N2O5. The zero-order valence-corrected chi connectivity index (χ0v) is 12.1. The van der Waals surface area contributed by atoms with Crippen molar-refractivity contribution in [3.63, 3.8) is 0 Å². The maximum atomic E-state index is 12.0. The standard InChI is InChI=1S/C13H22N2O5/c1-8(2)15-7-9(6-11(15)16)12(17)14-10(13(18)19)4-5-20-3/h8-10H,4-7H2,1-3H3,(H,14,17)(H,18,19)/t9-,10-/m1/s1. The van der Waals surface area contributed by atoms with Crippen LogP contribution in [0, 0.1) is 5.92 Å². The van der Waals surface area contributed by atoms with Crippen LogP contribution in [0.25, 0.3) is 0 Å². The lowest BCUT2D eigenvalue weighted by Gasteiger charge is -2.21. The van der Waals surface area contributed by atoms with Gasteiger partial charge in [0.25, 0.3) is 0 Å². The predicted octanol–water partition coefficient (Wildman–Crippen LogP) is -0.151. The Bertz CT molecular complexity index is 383. The topological polar surface area (TPSA) is 95.9 Å². The first-order valence-corrected chi connectivity index (χ1v) is 6.68. The molecule has 1 aliphatic heterocycles. The van der Waals surface area contributed by atoms with Crippen molar-refractivity contribution < 1.29 is 24.2 Å². The number of rotatable bonds is 7. The first-order chi connectivity index (χ1) is 9.36. The van der Waals surface area contributed by atoms with Gasteiger partial charge in [0.15, 0.2) is 0 Å². The average Bonchev–Trinajstić information content (AvgIpc) is 2.76. The van der Waals surface area contributed by atoms with E-state index in [4.69, 9.17) is 9.84 Å². The average molecular weight is 286 g/mol. The molecule has 1 rings (SSSR count). The molecule has 0 bridgehead atoms. The van der Waals surface area contributed by atoms with Gasteiger partial charge in [0.1, 0.15) is 6.04 Å². The van der Waals surface area contributed by atoms with Crippen LogP contribution in [-0.4, -0.2) is 60.1 Å². The van der Waals surface area contributed by atoms with E-state index in [1.54, 1.807) is 4.90 Å². The summed E-state index contributed by atoms with van der Waals surface area (Å²) in [5.74, 6) is -2.02. The van der Waals surface area contributed by atoms with Gasteiger partial charge in [-0.1, -0.05) is 0 Å². The Labute approximate surface area is 118 Å². The Kier molecular flexibility index (Phi) is 5.94. The van der Waals surface area contributed by atoms with Crippen molar-refractivity contribution in [3.05, 3.63) is 0 Å². The number of likely N-dealkylation sites (tertiary alicyclic amines) is 1. The number of carbonyl (C=O) groups is 3. The molecule has 7 nitrogen and oxygen atoms in total. The SMILES string of the molecule is COCC[C@@H](NC(=O)[C@@H]1CC(=O)N(C(C)C)C1)C(=O)O. The minimum absolute atomic E-state index is 0.0454. The van der Waals surface area contributed by atoms with Gasteiger partial charge in [-0.05, 0) is 13.8 Å². The van der Waals surface area contributed by atoms with E-state index in [9.17, 15) is 14.4 Å². The van der Waals surface area contributed by atoms with Crippen LogP contribution in [0.2, 0.25) is 0 Å². The van der Waals surface area contributed by atoms with E-state index in [1.165, 1.54) is 7.11 Å². The van der Waals surface area contributed by atoms with E-state index in [2.05, 4.69) is 5.32 Å². The molecule has 0 aromatic carbocycles. The van der Waals surface area contributed by atoms with Gasteiger partial charge in [-0.25, -0.2) is 4.79 Å². The van der Waals surface area contributed by atoms with Gasteiger partial charge in [0.05, 0.1) is 5.92 Å². The van der Waals surface area contributed by atoms with Crippen LogP contribution in [0.5, 0.6) is 0 Å². The molecule has 1 fully saturated rings. The van der Waals surface area contributed by atoms with Gasteiger partial charge in [0, 0.05) is 39.1 Å². The van der Waals surface area contributed by atoms with Crippen molar-refractivity contribution in [2.45, 2.75) is 38.8 Å². The molecule has 0 radical (unpaired) electrons. The second kappa shape index (κ2) is 7.23. The first-order valence-electron chi connectivity index (χ1n) is 6.68. The van der Waals surface area contributed by atoms with E-state index in [0.717, 1.165) is 0 Å². The highest BCUT2D eigenvalue weighted by atomic mass is 16.5. The summed E-state index contributed by atoms with van der Waals surface area (Å²) in [4.78, 5) is 36.5. The molecule has 7 heteroatoms. The van der Waals surface area contributed by atoms with Crippen LogP contribution < -0.4 is 5.32 Å². The number of hydrogen-bond acceptors (Lipinski definition) is 4. The Morgan fingerprint density at radius 2 is 2.15 bits per heavy atom. The second-order valence-electron chi connectivity index (χ2n) is 5.22. The van der Waals surface area contributed by atoms with Gasteiger partial charge in [-0.15, -0.1) is 0 Å². The molecule has 20 heavy (non-hydrogen) atoms. The smallest absolute Gasteiger partial charge is 0.326 e. The zero-order valence-electron chi connectivity index (χ0n) is 12.1. The molecule has 1 saturated heterocycles. The summed E-state index contributed by atoms with van der Waals surface area (Å²) >= 11 is 0. The van der Waals surface area contributed by atoms with Crippen molar-refractivity contribution in [1.82, 2.24) is 10.2 Å². The van der Waals surface area contributed by atoms with Gasteiger partial charge >= 0.3 is 5.97 Å². The molecule has 2 N–H and O–H groups in total. The molecule has 2 atom stereocenters. The van der Waals surface area contributed by atoms with Gasteiger partial charge < -0.3 is 20.1 Å². The highest BCUT2D eigenvalue weighted by Crippen LogP contribution is 2.20. The van der Waals surface area contributed by atoms with E-state index in [0.29, 0.717) is 6.54 Å². The van der Waals surface area contributed by atoms with E-state index in [-0.39, 0.29) is 37.3 Å². The predicted molar refractivity (Wildman–Crippen MR) is 71.0 cm³/mol. The molecular weight excluding hydrogens is 264 g/mol. The number of amides is 2. The van der Waals surface area contributed by atoms with Crippen LogP contribution >= 0.6 is 0 Å². The number of nitrogens with zero attached hydrogens (tertiary/aromatic N) is 1. The summed E-state index contributed by atoms with van der Waals surface area (Å²) in [6, 6.07) is -0.935. The molecule has 0 saturated carbocycles. The van der Waals surface area contributed by atoms with Gasteiger partial charge in [-0.3, -0.25) is 9.59 Å². The Balaban J connectivity index is 2.57. The fraction of sp³-hybridized carbons (Fsp3) is 0.769. The number of hydrogen-bond donors (Lipinski definition) is 2. The maximum absolute atomic E-state index is 12.0. The number of carbonyl (C=O) groups excluding carboxylic acids is 2. The second-order valence-corrected chi connectivity index (χ2v) is 5.22. The highest BCUT2D eigenvalue weighted by molar-refractivity contribution is 5.91. The molecule has 0 unspecified atom stereocenters. The number of carboxylic acids is 1. The van der Waals surface area contributed by atoms with Crippen molar-refractivity contribution >= 4 is 17.8 Å². The molecule has 0 aliphatic carbocycles. The van der Waals surface area contributed by atoms with Crippen LogP contribution in [0.4, 0.5) is 0 Å². The van der Waals surface area contributed by atoms with E-state index >= 15 is 0 Å². The molecule has 0 aromatic rings. The fourth-order valence-electron chi connectivity index (χ4n) is 2.19. The van der Waals surface area contributed by atoms with Crippen LogP contribution in [-0.2, 0) is 19.1 Å². The summed E-state index contributed by atoms with van der Waals surface area (Å²) in [6.45, 7) is 4.37. The molecule has 1 heterocycles. The lowest BCUT2D eigenvalue weighted by Crippen LogP contribution is -2.45. The van der Waals surface area contributed by atoms with Gasteiger partial charge in [-0.2, -0.15) is 0 Å². The molecule has 2 amide bonds. The van der Waals surface area contributed by atoms with Crippen molar-refractivity contribution in [1.29, 1.82) is 0 Å². The number of methoxy groups -OCH3 is 1. The largest absolute Gasteiger partial charge is 0.480 e. The minimum atomic E-state index is -1.10. The molecule has 0 spiro atoms.